The van der Waals surface area contributed by atoms with Crippen LogP contribution < -0.4 is 5.56 Å². The van der Waals surface area contributed by atoms with Crippen LogP contribution in [0.1, 0.15) is 13.8 Å². The number of amides is 1. The molecule has 0 radical (unpaired) electrons. The number of aromatic nitrogens is 2. The van der Waals surface area contributed by atoms with E-state index in [4.69, 9.17) is 0 Å². The minimum absolute atomic E-state index is 0.00754. The van der Waals surface area contributed by atoms with E-state index >= 15 is 0 Å². The van der Waals surface area contributed by atoms with Crippen molar-refractivity contribution in [3.8, 4) is 0 Å². The molecule has 1 fully saturated rings. The van der Waals surface area contributed by atoms with Gasteiger partial charge < -0.3 is 4.90 Å². The predicted molar refractivity (Wildman–Crippen MR) is 89.3 cm³/mol. The highest BCUT2D eigenvalue weighted by molar-refractivity contribution is 5.80. The van der Waals surface area contributed by atoms with Crippen LogP contribution in [0.25, 0.3) is 11.0 Å². The first-order chi connectivity index (χ1) is 11.1. The van der Waals surface area contributed by atoms with E-state index in [2.05, 4.69) is 23.7 Å². The molecule has 1 saturated heterocycles. The predicted octanol–water partition coefficient (Wildman–Crippen LogP) is 0.949. The second kappa shape index (κ2) is 6.50. The molecule has 0 aliphatic carbocycles. The first-order valence-electron chi connectivity index (χ1n) is 8.02. The van der Waals surface area contributed by atoms with Crippen LogP contribution in [0.15, 0.2) is 35.3 Å². The SMILES string of the molecule is CC(C)N1CCN(C(=O)Cn2c(=O)cnc3ccccc32)CC1. The lowest BCUT2D eigenvalue weighted by Crippen LogP contribution is -2.51. The van der Waals surface area contributed by atoms with Gasteiger partial charge in [-0.3, -0.25) is 19.1 Å². The molecule has 1 amide bonds. The quantitative estimate of drug-likeness (QED) is 0.846. The molecular formula is C17H22N4O2. The number of piperazine rings is 1. The maximum absolute atomic E-state index is 12.6. The number of rotatable bonds is 3. The Bertz CT molecular complexity index is 761. The van der Waals surface area contributed by atoms with Gasteiger partial charge in [-0.1, -0.05) is 12.1 Å². The molecule has 1 aliphatic heterocycles. The molecule has 0 atom stereocenters. The highest BCUT2D eigenvalue weighted by atomic mass is 16.2. The summed E-state index contributed by atoms with van der Waals surface area (Å²) in [6.07, 6.45) is 1.28. The van der Waals surface area contributed by atoms with Gasteiger partial charge in [-0.05, 0) is 26.0 Å². The Hall–Kier alpha value is -2.21. The van der Waals surface area contributed by atoms with E-state index in [9.17, 15) is 9.59 Å². The molecular weight excluding hydrogens is 292 g/mol. The van der Waals surface area contributed by atoms with E-state index in [-0.39, 0.29) is 18.0 Å². The molecule has 1 aromatic heterocycles. The molecule has 3 rings (SSSR count). The summed E-state index contributed by atoms with van der Waals surface area (Å²) in [6.45, 7) is 7.61. The topological polar surface area (TPSA) is 58.4 Å². The highest BCUT2D eigenvalue weighted by Crippen LogP contribution is 2.10. The van der Waals surface area contributed by atoms with E-state index in [0.29, 0.717) is 11.6 Å². The van der Waals surface area contributed by atoms with Gasteiger partial charge in [0.05, 0.1) is 17.2 Å². The Morgan fingerprint density at radius 1 is 1.17 bits per heavy atom. The van der Waals surface area contributed by atoms with Gasteiger partial charge in [0.2, 0.25) is 5.91 Å². The van der Waals surface area contributed by atoms with Crippen molar-refractivity contribution in [3.63, 3.8) is 0 Å². The van der Waals surface area contributed by atoms with Crippen LogP contribution in [0.2, 0.25) is 0 Å². The van der Waals surface area contributed by atoms with Gasteiger partial charge in [-0.25, -0.2) is 4.98 Å². The molecule has 0 unspecified atom stereocenters. The second-order valence-corrected chi connectivity index (χ2v) is 6.18. The van der Waals surface area contributed by atoms with Crippen LogP contribution in [-0.4, -0.2) is 57.5 Å². The number of carbonyl (C=O) groups excluding carboxylic acids is 1. The van der Waals surface area contributed by atoms with Crippen molar-refractivity contribution < 1.29 is 4.79 Å². The number of hydrogen-bond acceptors (Lipinski definition) is 4. The van der Waals surface area contributed by atoms with Gasteiger partial charge in [0.25, 0.3) is 5.56 Å². The van der Waals surface area contributed by atoms with Crippen molar-refractivity contribution in [1.82, 2.24) is 19.4 Å². The van der Waals surface area contributed by atoms with Gasteiger partial charge in [0.15, 0.2) is 0 Å². The third kappa shape index (κ3) is 3.27. The minimum Gasteiger partial charge on any atom is -0.339 e. The zero-order chi connectivity index (χ0) is 16.4. The maximum Gasteiger partial charge on any atom is 0.269 e. The van der Waals surface area contributed by atoms with Gasteiger partial charge in [0, 0.05) is 32.2 Å². The standard InChI is InChI=1S/C17H22N4O2/c1-13(2)19-7-9-20(10-8-19)17(23)12-21-15-6-4-3-5-14(15)18-11-16(21)22/h3-6,11,13H,7-10,12H2,1-2H3. The largest absolute Gasteiger partial charge is 0.339 e. The Labute approximate surface area is 135 Å². The van der Waals surface area contributed by atoms with E-state index in [0.717, 1.165) is 31.7 Å². The van der Waals surface area contributed by atoms with Gasteiger partial charge in [-0.2, -0.15) is 0 Å². The fraction of sp³-hybridized carbons (Fsp3) is 0.471. The minimum atomic E-state index is -0.238. The summed E-state index contributed by atoms with van der Waals surface area (Å²) in [6, 6.07) is 7.90. The summed E-state index contributed by atoms with van der Waals surface area (Å²) in [5.74, 6) is -0.00754. The number of benzene rings is 1. The Morgan fingerprint density at radius 2 is 1.87 bits per heavy atom. The van der Waals surface area contributed by atoms with E-state index in [1.807, 2.05) is 29.2 Å². The van der Waals surface area contributed by atoms with Crippen molar-refractivity contribution >= 4 is 16.9 Å². The molecule has 1 aliphatic rings. The zero-order valence-electron chi connectivity index (χ0n) is 13.6. The summed E-state index contributed by atoms with van der Waals surface area (Å²) in [5.41, 5.74) is 1.19. The number of nitrogens with zero attached hydrogens (tertiary/aromatic N) is 4. The fourth-order valence-corrected chi connectivity index (χ4v) is 3.00. The zero-order valence-corrected chi connectivity index (χ0v) is 13.6. The lowest BCUT2D eigenvalue weighted by Gasteiger charge is -2.37. The summed E-state index contributed by atoms with van der Waals surface area (Å²) >= 11 is 0. The Kier molecular flexibility index (Phi) is 4.43. The van der Waals surface area contributed by atoms with Gasteiger partial charge >= 0.3 is 0 Å². The van der Waals surface area contributed by atoms with E-state index in [1.54, 1.807) is 0 Å². The van der Waals surface area contributed by atoms with Crippen LogP contribution in [0.3, 0.4) is 0 Å². The number of carbonyl (C=O) groups is 1. The van der Waals surface area contributed by atoms with Crippen LogP contribution in [-0.2, 0) is 11.3 Å². The normalized spacial score (nSPS) is 16.2. The van der Waals surface area contributed by atoms with Gasteiger partial charge in [0.1, 0.15) is 6.54 Å². The molecule has 1 aromatic carbocycles. The second-order valence-electron chi connectivity index (χ2n) is 6.18. The van der Waals surface area contributed by atoms with Crippen molar-refractivity contribution in [2.75, 3.05) is 26.2 Å². The van der Waals surface area contributed by atoms with Crippen LogP contribution >= 0.6 is 0 Å². The van der Waals surface area contributed by atoms with Crippen LogP contribution in [0.4, 0.5) is 0 Å². The van der Waals surface area contributed by atoms with E-state index in [1.165, 1.54) is 10.8 Å². The molecule has 23 heavy (non-hydrogen) atoms. The summed E-state index contributed by atoms with van der Waals surface area (Å²) in [4.78, 5) is 33.0. The fourth-order valence-electron chi connectivity index (χ4n) is 3.00. The molecule has 2 heterocycles. The number of para-hydroxylation sites is 2. The van der Waals surface area contributed by atoms with Crippen molar-refractivity contribution in [3.05, 3.63) is 40.8 Å². The number of fused-ring (bicyclic) bond motifs is 1. The first-order valence-corrected chi connectivity index (χ1v) is 8.02. The average molecular weight is 314 g/mol. The molecule has 122 valence electrons. The molecule has 0 N–H and O–H groups in total. The van der Waals surface area contributed by atoms with Crippen molar-refractivity contribution in [1.29, 1.82) is 0 Å². The van der Waals surface area contributed by atoms with Gasteiger partial charge in [-0.15, -0.1) is 0 Å². The van der Waals surface area contributed by atoms with Crippen LogP contribution in [0.5, 0.6) is 0 Å². The first kappa shape index (κ1) is 15.7. The molecule has 0 bridgehead atoms. The lowest BCUT2D eigenvalue weighted by atomic mass is 10.2. The Morgan fingerprint density at radius 3 is 2.57 bits per heavy atom. The maximum atomic E-state index is 12.6. The Balaban J connectivity index is 1.77. The number of hydrogen-bond donors (Lipinski definition) is 0. The van der Waals surface area contributed by atoms with E-state index < -0.39 is 0 Å². The average Bonchev–Trinajstić information content (AvgIpc) is 2.57. The van der Waals surface area contributed by atoms with Crippen molar-refractivity contribution in [2.24, 2.45) is 0 Å². The molecule has 6 nitrogen and oxygen atoms in total. The third-order valence-electron chi connectivity index (χ3n) is 4.44. The molecule has 6 heteroatoms. The summed E-state index contributed by atoms with van der Waals surface area (Å²) in [7, 11) is 0. The summed E-state index contributed by atoms with van der Waals surface area (Å²) in [5, 5.41) is 0. The molecule has 0 saturated carbocycles. The third-order valence-corrected chi connectivity index (χ3v) is 4.44. The lowest BCUT2D eigenvalue weighted by molar-refractivity contribution is -0.133. The molecule has 2 aromatic rings. The van der Waals surface area contributed by atoms with Crippen molar-refractivity contribution in [2.45, 2.75) is 26.4 Å². The summed E-state index contributed by atoms with van der Waals surface area (Å²) < 4.78 is 1.51. The molecule has 0 spiro atoms. The highest BCUT2D eigenvalue weighted by Gasteiger charge is 2.23. The monoisotopic (exact) mass is 314 g/mol. The van der Waals surface area contributed by atoms with Crippen LogP contribution in [0, 0.1) is 0 Å². The smallest absolute Gasteiger partial charge is 0.269 e.